The number of thioether (sulfide) groups is 1. The zero-order chi connectivity index (χ0) is 22.4. The van der Waals surface area contributed by atoms with E-state index in [2.05, 4.69) is 58.5 Å². The Morgan fingerprint density at radius 1 is 1.03 bits per heavy atom. The number of aromatic nitrogens is 3. The fourth-order valence-electron chi connectivity index (χ4n) is 3.21. The molecule has 3 rings (SSSR count). The van der Waals surface area contributed by atoms with Gasteiger partial charge in [0.05, 0.1) is 15.8 Å². The second-order valence-electron chi connectivity index (χ2n) is 6.74. The Kier molecular flexibility index (Phi) is 8.23. The van der Waals surface area contributed by atoms with Crippen LogP contribution in [0.2, 0.25) is 10.0 Å². The zero-order valence-electron chi connectivity index (χ0n) is 17.7. The number of carbonyl (C=O) groups excluding carboxylic acids is 1. The summed E-state index contributed by atoms with van der Waals surface area (Å²) in [4.78, 5) is 14.6. The summed E-state index contributed by atoms with van der Waals surface area (Å²) >= 11 is 13.3. The van der Waals surface area contributed by atoms with Gasteiger partial charge in [-0.3, -0.25) is 4.79 Å². The molecule has 0 aliphatic carbocycles. The van der Waals surface area contributed by atoms with Gasteiger partial charge in [0.1, 0.15) is 0 Å². The van der Waals surface area contributed by atoms with Crippen molar-refractivity contribution in [3.05, 3.63) is 52.5 Å². The lowest BCUT2D eigenvalue weighted by Gasteiger charge is -2.21. The van der Waals surface area contributed by atoms with Gasteiger partial charge < -0.3 is 14.8 Å². The van der Waals surface area contributed by atoms with Crippen LogP contribution in [-0.2, 0) is 11.3 Å². The third-order valence-corrected chi connectivity index (χ3v) is 6.53. The summed E-state index contributed by atoms with van der Waals surface area (Å²) in [6.45, 7) is 8.96. The minimum atomic E-state index is -0.154. The Bertz CT molecular complexity index is 1030. The Morgan fingerprint density at radius 2 is 1.74 bits per heavy atom. The normalized spacial score (nSPS) is 10.9. The van der Waals surface area contributed by atoms with Crippen molar-refractivity contribution in [1.82, 2.24) is 14.8 Å². The molecular weight excluding hydrogens is 453 g/mol. The van der Waals surface area contributed by atoms with E-state index in [1.54, 1.807) is 18.2 Å². The highest BCUT2D eigenvalue weighted by atomic mass is 35.5. The molecule has 0 atom stereocenters. The molecule has 164 valence electrons. The average molecular weight is 478 g/mol. The van der Waals surface area contributed by atoms with Gasteiger partial charge in [-0.1, -0.05) is 35.0 Å². The summed E-state index contributed by atoms with van der Waals surface area (Å²) in [6, 6.07) is 13.3. The monoisotopic (exact) mass is 477 g/mol. The lowest BCUT2D eigenvalue weighted by molar-refractivity contribution is -0.113. The second kappa shape index (κ2) is 10.9. The topological polar surface area (TPSA) is 63.1 Å². The van der Waals surface area contributed by atoms with Gasteiger partial charge in [0.25, 0.3) is 0 Å². The van der Waals surface area contributed by atoms with Gasteiger partial charge >= 0.3 is 0 Å². The van der Waals surface area contributed by atoms with Crippen LogP contribution in [0.5, 0.6) is 0 Å². The van der Waals surface area contributed by atoms with E-state index >= 15 is 0 Å². The van der Waals surface area contributed by atoms with Crippen LogP contribution in [0.25, 0.3) is 11.4 Å². The Labute approximate surface area is 196 Å². The maximum atomic E-state index is 12.3. The van der Waals surface area contributed by atoms with E-state index in [9.17, 15) is 4.79 Å². The van der Waals surface area contributed by atoms with E-state index in [1.165, 1.54) is 17.4 Å². The quantitative estimate of drug-likeness (QED) is 0.391. The average Bonchev–Trinajstić information content (AvgIpc) is 3.19. The highest BCUT2D eigenvalue weighted by molar-refractivity contribution is 7.99. The highest BCUT2D eigenvalue weighted by Gasteiger charge is 2.15. The van der Waals surface area contributed by atoms with Gasteiger partial charge in [0.15, 0.2) is 11.0 Å². The van der Waals surface area contributed by atoms with E-state index in [4.69, 9.17) is 23.2 Å². The number of rotatable bonds is 9. The van der Waals surface area contributed by atoms with Gasteiger partial charge in [-0.2, -0.15) is 0 Å². The number of hydrogen-bond donors (Lipinski definition) is 1. The molecule has 0 spiro atoms. The number of benzene rings is 2. The van der Waals surface area contributed by atoms with Gasteiger partial charge in [0.2, 0.25) is 5.91 Å². The highest BCUT2D eigenvalue weighted by Crippen LogP contribution is 2.27. The lowest BCUT2D eigenvalue weighted by atomic mass is 10.2. The summed E-state index contributed by atoms with van der Waals surface area (Å²) < 4.78 is 2.02. The summed E-state index contributed by atoms with van der Waals surface area (Å²) in [6.07, 6.45) is 0. The van der Waals surface area contributed by atoms with Gasteiger partial charge in [0, 0.05) is 36.6 Å². The molecule has 1 amide bonds. The standard InChI is InChI=1S/C22H25Cl2N5OS/c1-4-28(5-2)17-10-7-15(8-11-17)21-26-27-22(29(21)6-3)31-14-20(30)25-16-9-12-18(23)19(24)13-16/h7-13H,4-6,14H2,1-3H3,(H,25,30). The summed E-state index contributed by atoms with van der Waals surface area (Å²) in [5, 5.41) is 13.0. The number of carbonyl (C=O) groups is 1. The van der Waals surface area contributed by atoms with Crippen LogP contribution in [0.4, 0.5) is 11.4 Å². The summed E-state index contributed by atoms with van der Waals surface area (Å²) in [5.41, 5.74) is 2.79. The Hall–Kier alpha value is -2.22. The van der Waals surface area contributed by atoms with Crippen LogP contribution < -0.4 is 10.2 Å². The smallest absolute Gasteiger partial charge is 0.234 e. The maximum Gasteiger partial charge on any atom is 0.234 e. The van der Waals surface area contributed by atoms with Crippen molar-refractivity contribution in [2.24, 2.45) is 0 Å². The minimum absolute atomic E-state index is 0.154. The fraction of sp³-hybridized carbons (Fsp3) is 0.318. The van der Waals surface area contributed by atoms with Gasteiger partial charge in [-0.05, 0) is 63.2 Å². The molecule has 0 saturated heterocycles. The van der Waals surface area contributed by atoms with Crippen molar-refractivity contribution in [1.29, 1.82) is 0 Å². The van der Waals surface area contributed by atoms with Crippen LogP contribution >= 0.6 is 35.0 Å². The number of halogens is 2. The molecule has 2 aromatic carbocycles. The van der Waals surface area contributed by atoms with E-state index < -0.39 is 0 Å². The molecule has 9 heteroatoms. The van der Waals surface area contributed by atoms with Crippen LogP contribution in [-0.4, -0.2) is 39.5 Å². The van der Waals surface area contributed by atoms with E-state index in [0.717, 1.165) is 24.5 Å². The first-order chi connectivity index (χ1) is 15.0. The number of nitrogens with one attached hydrogen (secondary N) is 1. The molecular formula is C22H25Cl2N5OS. The van der Waals surface area contributed by atoms with Crippen molar-refractivity contribution in [2.75, 3.05) is 29.1 Å². The number of anilines is 2. The van der Waals surface area contributed by atoms with Gasteiger partial charge in [-0.25, -0.2) is 0 Å². The molecule has 0 radical (unpaired) electrons. The second-order valence-corrected chi connectivity index (χ2v) is 8.49. The minimum Gasteiger partial charge on any atom is -0.372 e. The SMILES string of the molecule is CCN(CC)c1ccc(-c2nnc(SCC(=O)Nc3ccc(Cl)c(Cl)c3)n2CC)cc1. The predicted molar refractivity (Wildman–Crippen MR) is 131 cm³/mol. The van der Waals surface area contributed by atoms with Crippen molar-refractivity contribution in [3.8, 4) is 11.4 Å². The zero-order valence-corrected chi connectivity index (χ0v) is 20.1. The predicted octanol–water partition coefficient (Wildman–Crippen LogP) is 5.85. The molecule has 0 saturated carbocycles. The molecule has 31 heavy (non-hydrogen) atoms. The molecule has 0 bridgehead atoms. The van der Waals surface area contributed by atoms with Crippen LogP contribution in [0.1, 0.15) is 20.8 Å². The third kappa shape index (κ3) is 5.73. The van der Waals surface area contributed by atoms with Crippen molar-refractivity contribution in [3.63, 3.8) is 0 Å². The first-order valence-electron chi connectivity index (χ1n) is 10.1. The maximum absolute atomic E-state index is 12.3. The van der Waals surface area contributed by atoms with Crippen LogP contribution in [0, 0.1) is 0 Å². The van der Waals surface area contributed by atoms with E-state index in [-0.39, 0.29) is 11.7 Å². The summed E-state index contributed by atoms with van der Waals surface area (Å²) in [5.74, 6) is 0.847. The van der Waals surface area contributed by atoms with Crippen molar-refractivity contribution < 1.29 is 4.79 Å². The molecule has 0 fully saturated rings. The lowest BCUT2D eigenvalue weighted by Crippen LogP contribution is -2.21. The van der Waals surface area contributed by atoms with Crippen molar-refractivity contribution in [2.45, 2.75) is 32.5 Å². The van der Waals surface area contributed by atoms with E-state index in [1.807, 2.05) is 11.5 Å². The summed E-state index contributed by atoms with van der Waals surface area (Å²) in [7, 11) is 0. The Morgan fingerprint density at radius 3 is 2.35 bits per heavy atom. The Balaban J connectivity index is 1.68. The molecule has 1 heterocycles. The molecule has 0 aliphatic rings. The molecule has 0 unspecified atom stereocenters. The number of amides is 1. The fourth-order valence-corrected chi connectivity index (χ4v) is 4.31. The molecule has 1 N–H and O–H groups in total. The number of nitrogens with zero attached hydrogens (tertiary/aromatic N) is 4. The first kappa shape index (κ1) is 23.4. The number of hydrogen-bond acceptors (Lipinski definition) is 5. The third-order valence-electron chi connectivity index (χ3n) is 4.82. The van der Waals surface area contributed by atoms with Crippen LogP contribution in [0.3, 0.4) is 0 Å². The molecule has 1 aromatic heterocycles. The van der Waals surface area contributed by atoms with Crippen LogP contribution in [0.15, 0.2) is 47.6 Å². The molecule has 0 aliphatic heterocycles. The molecule has 3 aromatic rings. The first-order valence-corrected chi connectivity index (χ1v) is 11.9. The van der Waals surface area contributed by atoms with Crippen molar-refractivity contribution >= 4 is 52.2 Å². The molecule has 6 nitrogen and oxygen atoms in total. The van der Waals surface area contributed by atoms with E-state index in [0.29, 0.717) is 27.4 Å². The van der Waals surface area contributed by atoms with Gasteiger partial charge in [-0.15, -0.1) is 10.2 Å². The largest absolute Gasteiger partial charge is 0.372 e.